The number of hydrogen-bond donors (Lipinski definition) is 0. The van der Waals surface area contributed by atoms with Gasteiger partial charge in [0.15, 0.2) is 5.65 Å². The highest BCUT2D eigenvalue weighted by atomic mass is 19.3. The number of aromatic nitrogens is 3. The minimum atomic E-state index is -2.94. The predicted molar refractivity (Wildman–Crippen MR) is 111 cm³/mol. The van der Waals surface area contributed by atoms with Gasteiger partial charge in [-0.15, -0.1) is 0 Å². The number of ether oxygens (including phenoxy) is 2. The molecule has 2 aromatic carbocycles. The SMILES string of the molecule is COC(=O)c1cc(-c2cccc(OC(F)F)c2)nc2c1c(C)nn2Cc1ccccc1. The van der Waals surface area contributed by atoms with Crippen molar-refractivity contribution in [2.45, 2.75) is 20.1 Å². The van der Waals surface area contributed by atoms with Crippen molar-refractivity contribution in [2.24, 2.45) is 0 Å². The van der Waals surface area contributed by atoms with Crippen molar-refractivity contribution in [3.8, 4) is 17.0 Å². The van der Waals surface area contributed by atoms with Crippen LogP contribution in [0.3, 0.4) is 0 Å². The van der Waals surface area contributed by atoms with Gasteiger partial charge in [-0.2, -0.15) is 13.9 Å². The molecule has 0 amide bonds. The third-order valence-electron chi connectivity index (χ3n) is 4.81. The summed E-state index contributed by atoms with van der Waals surface area (Å²) in [6.07, 6.45) is 0. The number of nitrogens with zero attached hydrogens (tertiary/aromatic N) is 3. The van der Waals surface area contributed by atoms with Crippen LogP contribution in [-0.4, -0.2) is 34.5 Å². The Balaban J connectivity index is 1.89. The normalized spacial score (nSPS) is 11.1. The number of pyridine rings is 1. The first kappa shape index (κ1) is 20.5. The van der Waals surface area contributed by atoms with Gasteiger partial charge in [-0.25, -0.2) is 14.5 Å². The van der Waals surface area contributed by atoms with Crippen LogP contribution in [0.25, 0.3) is 22.3 Å². The van der Waals surface area contributed by atoms with E-state index in [-0.39, 0.29) is 5.75 Å². The quantitative estimate of drug-likeness (QED) is 0.415. The molecule has 0 unspecified atom stereocenters. The van der Waals surface area contributed by atoms with Gasteiger partial charge in [0.05, 0.1) is 36.0 Å². The molecule has 8 heteroatoms. The van der Waals surface area contributed by atoms with E-state index < -0.39 is 12.6 Å². The molecule has 0 saturated carbocycles. The molecule has 4 rings (SSSR count). The Kier molecular flexibility index (Phi) is 5.62. The number of esters is 1. The molecule has 0 aliphatic heterocycles. The molecule has 4 aromatic rings. The van der Waals surface area contributed by atoms with Gasteiger partial charge in [-0.05, 0) is 30.7 Å². The molecule has 0 fully saturated rings. The Labute approximate surface area is 177 Å². The zero-order chi connectivity index (χ0) is 22.0. The number of alkyl halides is 2. The summed E-state index contributed by atoms with van der Waals surface area (Å²) in [4.78, 5) is 17.2. The van der Waals surface area contributed by atoms with E-state index in [2.05, 4.69) is 9.84 Å². The smallest absolute Gasteiger partial charge is 0.387 e. The number of methoxy groups -OCH3 is 1. The van der Waals surface area contributed by atoms with Crippen LogP contribution in [0.1, 0.15) is 21.6 Å². The van der Waals surface area contributed by atoms with Crippen LogP contribution in [0.4, 0.5) is 8.78 Å². The molecule has 0 spiro atoms. The van der Waals surface area contributed by atoms with Crippen LogP contribution in [0, 0.1) is 6.92 Å². The predicted octanol–water partition coefficient (Wildman–Crippen LogP) is 4.84. The maximum Gasteiger partial charge on any atom is 0.387 e. The lowest BCUT2D eigenvalue weighted by Gasteiger charge is -2.10. The van der Waals surface area contributed by atoms with Crippen molar-refractivity contribution in [2.75, 3.05) is 7.11 Å². The number of carbonyl (C=O) groups excluding carboxylic acids is 1. The van der Waals surface area contributed by atoms with Crippen LogP contribution in [0.2, 0.25) is 0 Å². The number of aryl methyl sites for hydroxylation is 1. The van der Waals surface area contributed by atoms with E-state index in [0.29, 0.717) is 40.1 Å². The van der Waals surface area contributed by atoms with E-state index in [1.807, 2.05) is 30.3 Å². The van der Waals surface area contributed by atoms with Crippen molar-refractivity contribution in [1.29, 1.82) is 0 Å². The Morgan fingerprint density at radius 2 is 1.87 bits per heavy atom. The van der Waals surface area contributed by atoms with E-state index in [4.69, 9.17) is 9.72 Å². The molecule has 0 aliphatic rings. The zero-order valence-corrected chi connectivity index (χ0v) is 16.9. The summed E-state index contributed by atoms with van der Waals surface area (Å²) in [5.74, 6) is -0.529. The summed E-state index contributed by atoms with van der Waals surface area (Å²) in [7, 11) is 1.30. The lowest BCUT2D eigenvalue weighted by atomic mass is 10.1. The molecule has 0 atom stereocenters. The topological polar surface area (TPSA) is 66.2 Å². The second-order valence-electron chi connectivity index (χ2n) is 6.88. The molecule has 31 heavy (non-hydrogen) atoms. The number of benzene rings is 2. The van der Waals surface area contributed by atoms with Gasteiger partial charge in [-0.3, -0.25) is 0 Å². The molecule has 2 aromatic heterocycles. The van der Waals surface area contributed by atoms with E-state index >= 15 is 0 Å². The maximum absolute atomic E-state index is 12.6. The van der Waals surface area contributed by atoms with Crippen molar-refractivity contribution in [1.82, 2.24) is 14.8 Å². The van der Waals surface area contributed by atoms with Gasteiger partial charge in [-0.1, -0.05) is 42.5 Å². The van der Waals surface area contributed by atoms with Gasteiger partial charge in [0.2, 0.25) is 0 Å². The fourth-order valence-electron chi connectivity index (χ4n) is 3.47. The zero-order valence-electron chi connectivity index (χ0n) is 16.9. The second kappa shape index (κ2) is 8.51. The van der Waals surface area contributed by atoms with Gasteiger partial charge in [0.1, 0.15) is 5.75 Å². The standard InChI is InChI=1S/C23H19F2N3O3/c1-14-20-18(22(29)30-2)12-19(16-9-6-10-17(11-16)31-23(24)25)26-21(20)28(27-14)13-15-7-4-3-5-8-15/h3-12,23H,13H2,1-2H3. The Morgan fingerprint density at radius 1 is 1.10 bits per heavy atom. The van der Waals surface area contributed by atoms with Gasteiger partial charge < -0.3 is 9.47 Å². The fraction of sp³-hybridized carbons (Fsp3) is 0.174. The van der Waals surface area contributed by atoms with E-state index in [1.54, 1.807) is 29.8 Å². The molecule has 0 aliphatic carbocycles. The average Bonchev–Trinajstić information content (AvgIpc) is 3.08. The first-order valence-electron chi connectivity index (χ1n) is 9.52. The minimum Gasteiger partial charge on any atom is -0.465 e. The van der Waals surface area contributed by atoms with Crippen molar-refractivity contribution in [3.63, 3.8) is 0 Å². The van der Waals surface area contributed by atoms with Crippen LogP contribution in [0.15, 0.2) is 60.7 Å². The highest BCUT2D eigenvalue weighted by molar-refractivity contribution is 6.05. The largest absolute Gasteiger partial charge is 0.465 e. The van der Waals surface area contributed by atoms with Crippen LogP contribution >= 0.6 is 0 Å². The molecule has 6 nitrogen and oxygen atoms in total. The summed E-state index contributed by atoms with van der Waals surface area (Å²) < 4.78 is 36.4. The maximum atomic E-state index is 12.6. The van der Waals surface area contributed by atoms with Crippen molar-refractivity contribution < 1.29 is 23.0 Å². The van der Waals surface area contributed by atoms with Crippen molar-refractivity contribution in [3.05, 3.63) is 77.5 Å². The highest BCUT2D eigenvalue weighted by Gasteiger charge is 2.21. The summed E-state index contributed by atoms with van der Waals surface area (Å²) >= 11 is 0. The van der Waals surface area contributed by atoms with E-state index in [9.17, 15) is 13.6 Å². The van der Waals surface area contributed by atoms with E-state index in [0.717, 1.165) is 5.56 Å². The third-order valence-corrected chi connectivity index (χ3v) is 4.81. The average molecular weight is 423 g/mol. The fourth-order valence-corrected chi connectivity index (χ4v) is 3.47. The van der Waals surface area contributed by atoms with Crippen LogP contribution < -0.4 is 4.74 Å². The lowest BCUT2D eigenvalue weighted by molar-refractivity contribution is -0.0498. The Hall–Kier alpha value is -3.81. The molecule has 0 radical (unpaired) electrons. The molecule has 2 heterocycles. The van der Waals surface area contributed by atoms with Gasteiger partial charge in [0.25, 0.3) is 0 Å². The summed E-state index contributed by atoms with van der Waals surface area (Å²) in [5, 5.41) is 5.17. The molecule has 0 bridgehead atoms. The first-order chi connectivity index (χ1) is 15.0. The van der Waals surface area contributed by atoms with Gasteiger partial charge >= 0.3 is 12.6 Å². The van der Waals surface area contributed by atoms with Crippen molar-refractivity contribution >= 4 is 17.0 Å². The lowest BCUT2D eigenvalue weighted by Crippen LogP contribution is -2.06. The second-order valence-corrected chi connectivity index (χ2v) is 6.88. The van der Waals surface area contributed by atoms with Crippen LogP contribution in [0.5, 0.6) is 5.75 Å². The number of hydrogen-bond acceptors (Lipinski definition) is 5. The monoisotopic (exact) mass is 423 g/mol. The summed E-state index contributed by atoms with van der Waals surface area (Å²) in [6.45, 7) is -0.683. The molecule has 158 valence electrons. The number of halogens is 2. The Morgan fingerprint density at radius 3 is 2.58 bits per heavy atom. The first-order valence-corrected chi connectivity index (χ1v) is 9.52. The van der Waals surface area contributed by atoms with E-state index in [1.165, 1.54) is 19.2 Å². The molecule has 0 saturated heterocycles. The number of fused-ring (bicyclic) bond motifs is 1. The Bertz CT molecular complexity index is 1240. The molecular weight excluding hydrogens is 404 g/mol. The minimum absolute atomic E-state index is 0.00277. The number of rotatable bonds is 6. The van der Waals surface area contributed by atoms with Gasteiger partial charge in [0, 0.05) is 5.56 Å². The molecular formula is C23H19F2N3O3. The summed E-state index contributed by atoms with van der Waals surface area (Å²) in [6, 6.07) is 17.5. The number of carbonyl (C=O) groups is 1. The third kappa shape index (κ3) is 4.23. The molecule has 0 N–H and O–H groups in total. The van der Waals surface area contributed by atoms with Crippen LogP contribution in [-0.2, 0) is 11.3 Å². The summed E-state index contributed by atoms with van der Waals surface area (Å²) in [5.41, 5.74) is 3.40. The highest BCUT2D eigenvalue weighted by Crippen LogP contribution is 2.30.